The Kier molecular flexibility index (Phi) is 5.58. The molecule has 0 aromatic rings. The van der Waals surface area contributed by atoms with Crippen LogP contribution in [0.25, 0.3) is 0 Å². The zero-order chi connectivity index (χ0) is 15.4. The van der Waals surface area contributed by atoms with E-state index in [9.17, 15) is 9.59 Å². The molecule has 2 fully saturated rings. The molecular formula is C15H28N4O2. The summed E-state index contributed by atoms with van der Waals surface area (Å²) in [7, 11) is 3.59. The van der Waals surface area contributed by atoms with E-state index in [1.165, 1.54) is 0 Å². The molecule has 2 rings (SSSR count). The van der Waals surface area contributed by atoms with Gasteiger partial charge in [0.15, 0.2) is 0 Å². The van der Waals surface area contributed by atoms with Crippen molar-refractivity contribution < 1.29 is 9.59 Å². The summed E-state index contributed by atoms with van der Waals surface area (Å²) >= 11 is 0. The molecule has 0 bridgehead atoms. The van der Waals surface area contributed by atoms with Crippen LogP contribution in [0.15, 0.2) is 0 Å². The van der Waals surface area contributed by atoms with E-state index in [1.807, 2.05) is 11.8 Å². The molecular weight excluding hydrogens is 268 g/mol. The largest absolute Gasteiger partial charge is 0.347 e. The Hall–Kier alpha value is -1.14. The summed E-state index contributed by atoms with van der Waals surface area (Å²) in [4.78, 5) is 32.2. The lowest BCUT2D eigenvalue weighted by molar-refractivity contribution is -0.136. The van der Waals surface area contributed by atoms with Crippen LogP contribution in [0.4, 0.5) is 0 Å². The van der Waals surface area contributed by atoms with Crippen molar-refractivity contribution in [3.05, 3.63) is 0 Å². The van der Waals surface area contributed by atoms with Crippen LogP contribution >= 0.6 is 0 Å². The van der Waals surface area contributed by atoms with Crippen molar-refractivity contribution in [1.82, 2.24) is 19.6 Å². The number of amides is 2. The fraction of sp³-hybridized carbons (Fsp3) is 0.867. The van der Waals surface area contributed by atoms with Gasteiger partial charge in [0.25, 0.3) is 0 Å². The van der Waals surface area contributed by atoms with Gasteiger partial charge in [0.1, 0.15) is 0 Å². The number of piperazine rings is 1. The van der Waals surface area contributed by atoms with Crippen LogP contribution in [0.1, 0.15) is 19.8 Å². The summed E-state index contributed by atoms with van der Waals surface area (Å²) in [5.41, 5.74) is 0. The molecule has 0 spiro atoms. The predicted molar refractivity (Wildman–Crippen MR) is 82.0 cm³/mol. The van der Waals surface area contributed by atoms with Gasteiger partial charge in [-0.15, -0.1) is 0 Å². The molecule has 6 nitrogen and oxygen atoms in total. The maximum absolute atomic E-state index is 12.1. The fourth-order valence-electron chi connectivity index (χ4n) is 3.10. The topological polar surface area (TPSA) is 47.1 Å². The van der Waals surface area contributed by atoms with Crippen LogP contribution in [0.3, 0.4) is 0 Å². The van der Waals surface area contributed by atoms with Crippen molar-refractivity contribution in [2.45, 2.75) is 25.8 Å². The third-order valence-corrected chi connectivity index (χ3v) is 4.57. The fourth-order valence-corrected chi connectivity index (χ4v) is 3.10. The third kappa shape index (κ3) is 4.17. The first-order valence-corrected chi connectivity index (χ1v) is 7.94. The second-order valence-electron chi connectivity index (χ2n) is 6.31. The van der Waals surface area contributed by atoms with Crippen LogP contribution < -0.4 is 0 Å². The predicted octanol–water partition coefficient (Wildman–Crippen LogP) is -0.297. The van der Waals surface area contributed by atoms with E-state index >= 15 is 0 Å². The lowest BCUT2D eigenvalue weighted by Gasteiger charge is -2.38. The first-order valence-electron chi connectivity index (χ1n) is 7.94. The average Bonchev–Trinajstić information content (AvgIpc) is 3.00. The lowest BCUT2D eigenvalue weighted by Crippen LogP contribution is -2.55. The standard InChI is InChI=1S/C15H28N4O2/c1-13(15(21)16(2)3)18-10-8-17(9-11-18)12-14(20)19-6-4-5-7-19/h13H,4-12H2,1-3H3. The summed E-state index contributed by atoms with van der Waals surface area (Å²) in [6.07, 6.45) is 2.29. The Balaban J connectivity index is 1.75. The number of hydrogen-bond donors (Lipinski definition) is 0. The van der Waals surface area contributed by atoms with E-state index in [4.69, 9.17) is 0 Å². The minimum atomic E-state index is -0.0727. The van der Waals surface area contributed by atoms with Crippen molar-refractivity contribution in [3.63, 3.8) is 0 Å². The molecule has 2 heterocycles. The summed E-state index contributed by atoms with van der Waals surface area (Å²) in [6.45, 7) is 7.79. The molecule has 2 aliphatic rings. The number of likely N-dealkylation sites (N-methyl/N-ethyl adjacent to an activating group) is 1. The Labute approximate surface area is 127 Å². The van der Waals surface area contributed by atoms with Gasteiger partial charge in [0.2, 0.25) is 11.8 Å². The highest BCUT2D eigenvalue weighted by molar-refractivity contribution is 5.81. The minimum Gasteiger partial charge on any atom is -0.347 e. The third-order valence-electron chi connectivity index (χ3n) is 4.57. The van der Waals surface area contributed by atoms with Crippen LogP contribution in [0.2, 0.25) is 0 Å². The van der Waals surface area contributed by atoms with Gasteiger partial charge in [0, 0.05) is 53.4 Å². The van der Waals surface area contributed by atoms with Crippen molar-refractivity contribution in [1.29, 1.82) is 0 Å². The molecule has 2 saturated heterocycles. The van der Waals surface area contributed by atoms with Gasteiger partial charge in [-0.2, -0.15) is 0 Å². The number of carbonyl (C=O) groups excluding carboxylic acids is 2. The number of nitrogens with zero attached hydrogens (tertiary/aromatic N) is 4. The van der Waals surface area contributed by atoms with E-state index in [1.54, 1.807) is 19.0 Å². The molecule has 0 aromatic heterocycles. The summed E-state index contributed by atoms with van der Waals surface area (Å²) in [6, 6.07) is -0.0727. The molecule has 1 atom stereocenters. The zero-order valence-corrected chi connectivity index (χ0v) is 13.5. The molecule has 6 heteroatoms. The molecule has 0 aliphatic carbocycles. The maximum Gasteiger partial charge on any atom is 0.239 e. The molecule has 2 aliphatic heterocycles. The van der Waals surface area contributed by atoms with E-state index in [2.05, 4.69) is 9.80 Å². The molecule has 0 radical (unpaired) electrons. The normalized spacial score (nSPS) is 22.3. The Morgan fingerprint density at radius 1 is 1.00 bits per heavy atom. The molecule has 120 valence electrons. The number of hydrogen-bond acceptors (Lipinski definition) is 4. The van der Waals surface area contributed by atoms with Crippen molar-refractivity contribution >= 4 is 11.8 Å². The summed E-state index contributed by atoms with van der Waals surface area (Å²) < 4.78 is 0. The molecule has 2 amide bonds. The Morgan fingerprint density at radius 3 is 2.10 bits per heavy atom. The van der Waals surface area contributed by atoms with Crippen LogP contribution in [0.5, 0.6) is 0 Å². The second kappa shape index (κ2) is 7.22. The van der Waals surface area contributed by atoms with Gasteiger partial charge in [0.05, 0.1) is 12.6 Å². The smallest absolute Gasteiger partial charge is 0.239 e. The monoisotopic (exact) mass is 296 g/mol. The van der Waals surface area contributed by atoms with Crippen molar-refractivity contribution in [2.75, 3.05) is 59.9 Å². The second-order valence-corrected chi connectivity index (χ2v) is 6.31. The van der Waals surface area contributed by atoms with E-state index in [-0.39, 0.29) is 17.9 Å². The van der Waals surface area contributed by atoms with Crippen LogP contribution in [-0.2, 0) is 9.59 Å². The molecule has 0 saturated carbocycles. The number of carbonyl (C=O) groups is 2. The average molecular weight is 296 g/mol. The van der Waals surface area contributed by atoms with E-state index < -0.39 is 0 Å². The lowest BCUT2D eigenvalue weighted by atomic mass is 10.2. The highest BCUT2D eigenvalue weighted by atomic mass is 16.2. The quantitative estimate of drug-likeness (QED) is 0.715. The van der Waals surface area contributed by atoms with Gasteiger partial charge in [-0.1, -0.05) is 0 Å². The van der Waals surface area contributed by atoms with E-state index in [0.717, 1.165) is 52.1 Å². The first-order chi connectivity index (χ1) is 9.99. The van der Waals surface area contributed by atoms with Gasteiger partial charge in [-0.25, -0.2) is 0 Å². The molecule has 0 N–H and O–H groups in total. The van der Waals surface area contributed by atoms with E-state index in [0.29, 0.717) is 6.54 Å². The Morgan fingerprint density at radius 2 is 1.57 bits per heavy atom. The first kappa shape index (κ1) is 16.2. The Bertz CT molecular complexity index is 372. The number of rotatable bonds is 4. The number of likely N-dealkylation sites (tertiary alicyclic amines) is 1. The minimum absolute atomic E-state index is 0.0727. The molecule has 1 unspecified atom stereocenters. The molecule has 0 aromatic carbocycles. The van der Waals surface area contributed by atoms with Gasteiger partial charge in [-0.05, 0) is 19.8 Å². The SMILES string of the molecule is CC(C(=O)N(C)C)N1CCN(CC(=O)N2CCCC2)CC1. The van der Waals surface area contributed by atoms with Crippen molar-refractivity contribution in [3.8, 4) is 0 Å². The zero-order valence-electron chi connectivity index (χ0n) is 13.5. The van der Waals surface area contributed by atoms with Gasteiger partial charge in [-0.3, -0.25) is 19.4 Å². The molecule has 21 heavy (non-hydrogen) atoms. The summed E-state index contributed by atoms with van der Waals surface area (Å²) in [5, 5.41) is 0. The van der Waals surface area contributed by atoms with Crippen LogP contribution in [0, 0.1) is 0 Å². The summed E-state index contributed by atoms with van der Waals surface area (Å²) in [5.74, 6) is 0.412. The van der Waals surface area contributed by atoms with Gasteiger partial charge < -0.3 is 9.80 Å². The highest BCUT2D eigenvalue weighted by Gasteiger charge is 2.28. The van der Waals surface area contributed by atoms with Crippen LogP contribution in [-0.4, -0.2) is 97.4 Å². The maximum atomic E-state index is 12.1. The highest BCUT2D eigenvalue weighted by Crippen LogP contribution is 2.11. The van der Waals surface area contributed by atoms with Crippen molar-refractivity contribution in [2.24, 2.45) is 0 Å². The van der Waals surface area contributed by atoms with Gasteiger partial charge >= 0.3 is 0 Å².